The average Bonchev–Trinajstić information content (AvgIpc) is 2.61. The molecule has 1 heterocycles. The fourth-order valence-electron chi connectivity index (χ4n) is 2.36. The zero-order chi connectivity index (χ0) is 18.2. The van der Waals surface area contributed by atoms with Crippen molar-refractivity contribution in [3.8, 4) is 0 Å². The van der Waals surface area contributed by atoms with Crippen LogP contribution in [0.5, 0.6) is 0 Å². The first-order chi connectivity index (χ1) is 12.1. The maximum atomic E-state index is 12.8. The van der Waals surface area contributed by atoms with Crippen LogP contribution in [0.3, 0.4) is 0 Å². The molecule has 1 aromatic heterocycles. The predicted octanol–water partition coefficient (Wildman–Crippen LogP) is 2.90. The normalized spacial score (nSPS) is 11.4. The second kappa shape index (κ2) is 8.86. The van der Waals surface area contributed by atoms with Gasteiger partial charge in [0.05, 0.1) is 12.8 Å². The van der Waals surface area contributed by atoms with Crippen LogP contribution in [-0.4, -0.2) is 28.7 Å². The summed E-state index contributed by atoms with van der Waals surface area (Å²) in [5.41, 5.74) is 9.02. The Hall–Kier alpha value is -2.83. The largest absolute Gasteiger partial charge is 0.465 e. The van der Waals surface area contributed by atoms with E-state index in [4.69, 9.17) is 21.9 Å². The number of benzene rings is 1. The summed E-state index contributed by atoms with van der Waals surface area (Å²) in [6.45, 7) is 1.58. The average molecular weight is 362 g/mol. The minimum absolute atomic E-state index is 0.0177. The minimum Gasteiger partial charge on any atom is -0.465 e. The van der Waals surface area contributed by atoms with E-state index in [0.717, 1.165) is 10.1 Å². The summed E-state index contributed by atoms with van der Waals surface area (Å²) < 4.78 is 5.95. The molecule has 25 heavy (non-hydrogen) atoms. The third kappa shape index (κ3) is 4.59. The van der Waals surface area contributed by atoms with Gasteiger partial charge in [0.1, 0.15) is 17.4 Å². The van der Waals surface area contributed by atoms with E-state index in [2.05, 4.69) is 15.0 Å². The van der Waals surface area contributed by atoms with Crippen molar-refractivity contribution in [2.75, 3.05) is 13.2 Å². The van der Waals surface area contributed by atoms with Gasteiger partial charge in [-0.3, -0.25) is 19.1 Å². The second-order valence-electron chi connectivity index (χ2n) is 5.04. The lowest BCUT2D eigenvalue weighted by atomic mass is 9.96. The summed E-state index contributed by atoms with van der Waals surface area (Å²) in [4.78, 5) is 31.4. The number of esters is 1. The van der Waals surface area contributed by atoms with Crippen molar-refractivity contribution in [1.29, 1.82) is 0 Å². The predicted molar refractivity (Wildman–Crippen MR) is 92.4 cm³/mol. The van der Waals surface area contributed by atoms with Gasteiger partial charge < -0.3 is 4.74 Å². The lowest BCUT2D eigenvalue weighted by molar-refractivity contribution is -0.143. The minimum atomic E-state index is -0.574. The molecular formula is C16H16ClN5O3. The molecule has 9 heteroatoms. The van der Waals surface area contributed by atoms with E-state index in [1.54, 1.807) is 6.92 Å². The third-order valence-corrected chi connectivity index (χ3v) is 3.79. The van der Waals surface area contributed by atoms with Gasteiger partial charge in [-0.25, -0.2) is 0 Å². The number of rotatable bonds is 7. The molecule has 0 bridgehead atoms. The Morgan fingerprint density at radius 3 is 2.80 bits per heavy atom. The fourth-order valence-corrected chi connectivity index (χ4v) is 2.54. The number of aromatic nitrogens is 2. The maximum absolute atomic E-state index is 12.8. The van der Waals surface area contributed by atoms with Crippen LogP contribution in [0.15, 0.2) is 46.4 Å². The highest BCUT2D eigenvalue weighted by Gasteiger charge is 2.21. The van der Waals surface area contributed by atoms with Crippen molar-refractivity contribution in [2.24, 2.45) is 5.11 Å². The van der Waals surface area contributed by atoms with E-state index in [1.807, 2.05) is 30.3 Å². The SMILES string of the molecule is CCOC(=O)Cn1c(Cl)cnc([C@H](CN=[N+]=[N-])c2ccccc2)c1=O. The van der Waals surface area contributed by atoms with Crippen molar-refractivity contribution in [2.45, 2.75) is 19.4 Å². The number of hydrogen-bond donors (Lipinski definition) is 0. The standard InChI is InChI=1S/C16H16ClN5O3/c1-2-25-14(23)10-22-13(17)9-19-15(16(22)24)12(8-20-21-18)11-6-4-3-5-7-11/h3-7,9,12H,2,8,10H2,1H3/t12-/m1/s1. The molecule has 2 rings (SSSR count). The molecule has 0 radical (unpaired) electrons. The summed E-state index contributed by atoms with van der Waals surface area (Å²) in [6, 6.07) is 9.07. The monoisotopic (exact) mass is 361 g/mol. The molecule has 1 aromatic carbocycles. The van der Waals surface area contributed by atoms with E-state index in [-0.39, 0.29) is 30.5 Å². The number of carbonyl (C=O) groups excluding carboxylic acids is 1. The summed E-state index contributed by atoms with van der Waals surface area (Å²) in [7, 11) is 0. The summed E-state index contributed by atoms with van der Waals surface area (Å²) >= 11 is 6.01. The van der Waals surface area contributed by atoms with Crippen LogP contribution in [0.25, 0.3) is 10.4 Å². The summed E-state index contributed by atoms with van der Waals surface area (Å²) in [5.74, 6) is -1.12. The highest BCUT2D eigenvalue weighted by atomic mass is 35.5. The zero-order valence-corrected chi connectivity index (χ0v) is 14.3. The van der Waals surface area contributed by atoms with Crippen LogP contribution in [0.4, 0.5) is 0 Å². The Labute approximate surface area is 148 Å². The van der Waals surface area contributed by atoms with Gasteiger partial charge in [-0.2, -0.15) is 0 Å². The molecule has 8 nitrogen and oxygen atoms in total. The fraction of sp³-hybridized carbons (Fsp3) is 0.312. The maximum Gasteiger partial charge on any atom is 0.326 e. The molecule has 0 N–H and O–H groups in total. The van der Waals surface area contributed by atoms with E-state index >= 15 is 0 Å². The number of halogens is 1. The van der Waals surface area contributed by atoms with Gasteiger partial charge in [0.2, 0.25) is 0 Å². The van der Waals surface area contributed by atoms with Crippen molar-refractivity contribution < 1.29 is 9.53 Å². The zero-order valence-electron chi connectivity index (χ0n) is 13.5. The Morgan fingerprint density at radius 1 is 1.44 bits per heavy atom. The van der Waals surface area contributed by atoms with Gasteiger partial charge in [0, 0.05) is 17.4 Å². The quantitative estimate of drug-likeness (QED) is 0.326. The second-order valence-corrected chi connectivity index (χ2v) is 5.43. The Bertz CT molecular complexity index is 847. The van der Waals surface area contributed by atoms with Crippen molar-refractivity contribution in [3.05, 3.63) is 73.7 Å². The van der Waals surface area contributed by atoms with Crippen LogP contribution >= 0.6 is 11.6 Å². The molecule has 2 aromatic rings. The molecule has 0 aliphatic heterocycles. The van der Waals surface area contributed by atoms with Crippen LogP contribution in [0.1, 0.15) is 24.1 Å². The van der Waals surface area contributed by atoms with Gasteiger partial charge in [-0.05, 0) is 18.0 Å². The molecule has 0 saturated carbocycles. The summed E-state index contributed by atoms with van der Waals surface area (Å²) in [6.07, 6.45) is 1.30. The van der Waals surface area contributed by atoms with Gasteiger partial charge in [0.25, 0.3) is 5.56 Å². The van der Waals surface area contributed by atoms with Crippen molar-refractivity contribution >= 4 is 17.6 Å². The Morgan fingerprint density at radius 2 is 2.16 bits per heavy atom. The number of ether oxygens (including phenoxy) is 1. The number of nitrogens with zero attached hydrogens (tertiary/aromatic N) is 5. The molecule has 0 aliphatic carbocycles. The van der Waals surface area contributed by atoms with Crippen LogP contribution in [0.2, 0.25) is 5.15 Å². The van der Waals surface area contributed by atoms with Crippen molar-refractivity contribution in [1.82, 2.24) is 9.55 Å². The van der Waals surface area contributed by atoms with Gasteiger partial charge in [0.15, 0.2) is 0 Å². The Balaban J connectivity index is 2.49. The van der Waals surface area contributed by atoms with E-state index in [1.165, 1.54) is 6.20 Å². The molecular weight excluding hydrogens is 346 g/mol. The molecule has 0 spiro atoms. The number of azide groups is 1. The number of carbonyl (C=O) groups is 1. The lowest BCUT2D eigenvalue weighted by Gasteiger charge is -2.16. The first kappa shape index (κ1) is 18.5. The first-order valence-electron chi connectivity index (χ1n) is 7.55. The van der Waals surface area contributed by atoms with E-state index in [9.17, 15) is 9.59 Å². The highest BCUT2D eigenvalue weighted by Crippen LogP contribution is 2.22. The van der Waals surface area contributed by atoms with Crippen LogP contribution < -0.4 is 5.56 Å². The van der Waals surface area contributed by atoms with Crippen LogP contribution in [0, 0.1) is 0 Å². The highest BCUT2D eigenvalue weighted by molar-refractivity contribution is 6.29. The molecule has 130 valence electrons. The molecule has 0 saturated heterocycles. The van der Waals surface area contributed by atoms with Crippen LogP contribution in [-0.2, 0) is 16.1 Å². The summed E-state index contributed by atoms with van der Waals surface area (Å²) in [5, 5.41) is 3.60. The van der Waals surface area contributed by atoms with Gasteiger partial charge in [-0.1, -0.05) is 47.0 Å². The van der Waals surface area contributed by atoms with E-state index in [0.29, 0.717) is 0 Å². The molecule has 0 aliphatic rings. The van der Waals surface area contributed by atoms with Gasteiger partial charge >= 0.3 is 5.97 Å². The third-order valence-electron chi connectivity index (χ3n) is 3.48. The number of hydrogen-bond acceptors (Lipinski definition) is 5. The molecule has 0 fully saturated rings. The topological polar surface area (TPSA) is 110 Å². The van der Waals surface area contributed by atoms with Gasteiger partial charge in [-0.15, -0.1) is 0 Å². The van der Waals surface area contributed by atoms with E-state index < -0.39 is 17.4 Å². The first-order valence-corrected chi connectivity index (χ1v) is 7.93. The molecule has 0 unspecified atom stereocenters. The lowest BCUT2D eigenvalue weighted by Crippen LogP contribution is -2.31. The smallest absolute Gasteiger partial charge is 0.326 e. The molecule has 1 atom stereocenters. The Kier molecular flexibility index (Phi) is 6.56. The van der Waals surface area contributed by atoms with Crippen molar-refractivity contribution in [3.63, 3.8) is 0 Å². The molecule has 0 amide bonds.